The fraction of sp³-hybridized carbons (Fsp3) is 0.867. The van der Waals surface area contributed by atoms with Crippen LogP contribution in [-0.4, -0.2) is 59.4 Å². The van der Waals surface area contributed by atoms with Crippen molar-refractivity contribution in [2.75, 3.05) is 39.0 Å². The van der Waals surface area contributed by atoms with E-state index in [1.165, 1.54) is 12.8 Å². The molecule has 2 aliphatic heterocycles. The maximum absolute atomic E-state index is 12.3. The van der Waals surface area contributed by atoms with Crippen LogP contribution in [0.2, 0.25) is 0 Å². The number of carbonyl (C=O) groups is 1. The second kappa shape index (κ2) is 7.33. The van der Waals surface area contributed by atoms with E-state index in [0.29, 0.717) is 6.54 Å². The molecule has 4 nitrogen and oxygen atoms in total. The molecule has 0 aromatic rings. The van der Waals surface area contributed by atoms with E-state index in [1.807, 2.05) is 11.2 Å². The van der Waals surface area contributed by atoms with Crippen LogP contribution in [0.25, 0.3) is 0 Å². The van der Waals surface area contributed by atoms with Crippen LogP contribution in [0.4, 0.5) is 0 Å². The van der Waals surface area contributed by atoms with Crippen LogP contribution in [0.15, 0.2) is 0 Å². The summed E-state index contributed by atoms with van der Waals surface area (Å²) in [7, 11) is 0. The van der Waals surface area contributed by atoms with Crippen molar-refractivity contribution in [3.8, 4) is 6.07 Å². The van der Waals surface area contributed by atoms with E-state index < -0.39 is 0 Å². The number of rotatable bonds is 3. The molecule has 2 fully saturated rings. The fourth-order valence-electron chi connectivity index (χ4n) is 3.05. The molecule has 2 rings (SSSR count). The summed E-state index contributed by atoms with van der Waals surface area (Å²) in [5, 5.41) is 9.28. The van der Waals surface area contributed by atoms with Gasteiger partial charge in [-0.3, -0.25) is 9.69 Å². The Balaban J connectivity index is 1.80. The Kier molecular flexibility index (Phi) is 5.74. The quantitative estimate of drug-likeness (QED) is 0.800. The second-order valence-electron chi connectivity index (χ2n) is 5.88. The summed E-state index contributed by atoms with van der Waals surface area (Å²) in [6.07, 6.45) is 8.57. The molecule has 0 radical (unpaired) electrons. The van der Waals surface area contributed by atoms with Crippen LogP contribution < -0.4 is 0 Å². The van der Waals surface area contributed by atoms with Crippen LogP contribution >= 0.6 is 11.8 Å². The van der Waals surface area contributed by atoms with E-state index in [0.717, 1.165) is 51.9 Å². The molecule has 0 aromatic carbocycles. The molecular formula is C15H25N3OS. The van der Waals surface area contributed by atoms with Gasteiger partial charge in [-0.1, -0.05) is 12.8 Å². The van der Waals surface area contributed by atoms with Gasteiger partial charge < -0.3 is 4.90 Å². The summed E-state index contributed by atoms with van der Waals surface area (Å²) in [6.45, 7) is 4.14. The first-order valence-corrected chi connectivity index (χ1v) is 8.88. The molecule has 0 saturated carbocycles. The van der Waals surface area contributed by atoms with E-state index in [9.17, 15) is 10.1 Å². The molecule has 112 valence electrons. The molecule has 2 aliphatic rings. The van der Waals surface area contributed by atoms with Gasteiger partial charge in [0.15, 0.2) is 0 Å². The minimum Gasteiger partial charge on any atom is -0.342 e. The molecule has 0 aromatic heterocycles. The fourth-order valence-corrected chi connectivity index (χ4v) is 3.73. The van der Waals surface area contributed by atoms with Crippen LogP contribution in [0.1, 0.15) is 38.5 Å². The highest BCUT2D eigenvalue weighted by atomic mass is 32.2. The van der Waals surface area contributed by atoms with E-state index in [4.69, 9.17) is 0 Å². The van der Waals surface area contributed by atoms with Crippen molar-refractivity contribution >= 4 is 17.7 Å². The standard InChI is InChI=1S/C15H25N3OS/c1-20-15(13-16)6-10-17(11-7-15)12-14(19)18-8-4-2-3-5-9-18/h2-12H2,1H3. The van der Waals surface area contributed by atoms with Crippen molar-refractivity contribution in [2.24, 2.45) is 0 Å². The van der Waals surface area contributed by atoms with Gasteiger partial charge in [0, 0.05) is 26.2 Å². The predicted molar refractivity (Wildman–Crippen MR) is 82.6 cm³/mol. The average molecular weight is 295 g/mol. The zero-order valence-electron chi connectivity index (χ0n) is 12.4. The summed E-state index contributed by atoms with van der Waals surface area (Å²) in [4.78, 5) is 16.6. The van der Waals surface area contributed by atoms with Gasteiger partial charge in [0.25, 0.3) is 0 Å². The topological polar surface area (TPSA) is 47.3 Å². The molecule has 5 heteroatoms. The number of amides is 1. The minimum atomic E-state index is -0.220. The molecular weight excluding hydrogens is 270 g/mol. The van der Waals surface area contributed by atoms with E-state index in [1.54, 1.807) is 11.8 Å². The summed E-state index contributed by atoms with van der Waals surface area (Å²) in [5.41, 5.74) is 0. The normalized spacial score (nSPS) is 23.9. The average Bonchev–Trinajstić information content (AvgIpc) is 2.77. The number of hydrogen-bond donors (Lipinski definition) is 0. The Morgan fingerprint density at radius 1 is 1.15 bits per heavy atom. The number of carbonyl (C=O) groups excluding carboxylic acids is 1. The lowest BCUT2D eigenvalue weighted by Crippen LogP contribution is -2.47. The van der Waals surface area contributed by atoms with Crippen LogP contribution in [0.5, 0.6) is 0 Å². The second-order valence-corrected chi connectivity index (χ2v) is 7.07. The van der Waals surface area contributed by atoms with Gasteiger partial charge in [0.2, 0.25) is 5.91 Å². The zero-order valence-corrected chi connectivity index (χ0v) is 13.3. The molecule has 0 N–H and O–H groups in total. The Morgan fingerprint density at radius 3 is 2.25 bits per heavy atom. The largest absolute Gasteiger partial charge is 0.342 e. The maximum Gasteiger partial charge on any atom is 0.236 e. The number of hydrogen-bond acceptors (Lipinski definition) is 4. The molecule has 0 atom stereocenters. The van der Waals surface area contributed by atoms with Crippen LogP contribution in [0, 0.1) is 11.3 Å². The van der Waals surface area contributed by atoms with Gasteiger partial charge in [-0.15, -0.1) is 11.8 Å². The highest BCUT2D eigenvalue weighted by Crippen LogP contribution is 2.33. The number of nitriles is 1. The monoisotopic (exact) mass is 295 g/mol. The van der Waals surface area contributed by atoms with Crippen molar-refractivity contribution in [1.82, 2.24) is 9.80 Å². The Hall–Kier alpha value is -0.730. The lowest BCUT2D eigenvalue weighted by atomic mass is 9.97. The SMILES string of the molecule is CSC1(C#N)CCN(CC(=O)N2CCCCCC2)CC1. The number of nitrogens with zero attached hydrogens (tertiary/aromatic N) is 3. The first-order chi connectivity index (χ1) is 9.69. The van der Waals surface area contributed by atoms with Gasteiger partial charge in [-0.2, -0.15) is 5.26 Å². The Bertz CT molecular complexity index is 364. The highest BCUT2D eigenvalue weighted by Gasteiger charge is 2.34. The van der Waals surface area contributed by atoms with Gasteiger partial charge in [-0.05, 0) is 31.9 Å². The molecule has 2 heterocycles. The summed E-state index contributed by atoms with van der Waals surface area (Å²) in [6, 6.07) is 2.45. The highest BCUT2D eigenvalue weighted by molar-refractivity contribution is 8.00. The Labute approximate surface area is 126 Å². The smallest absolute Gasteiger partial charge is 0.236 e. The van der Waals surface area contributed by atoms with Crippen molar-refractivity contribution in [3.63, 3.8) is 0 Å². The molecule has 0 bridgehead atoms. The first kappa shape index (κ1) is 15.7. The van der Waals surface area contributed by atoms with Crippen LogP contribution in [0.3, 0.4) is 0 Å². The van der Waals surface area contributed by atoms with Crippen molar-refractivity contribution < 1.29 is 4.79 Å². The third kappa shape index (κ3) is 3.89. The lowest BCUT2D eigenvalue weighted by molar-refractivity contribution is -0.132. The molecule has 0 unspecified atom stereocenters. The lowest BCUT2D eigenvalue weighted by Gasteiger charge is -2.36. The number of thioether (sulfide) groups is 1. The Morgan fingerprint density at radius 2 is 1.75 bits per heavy atom. The molecule has 0 spiro atoms. The summed E-state index contributed by atoms with van der Waals surface area (Å²) >= 11 is 1.66. The molecule has 1 amide bonds. The van der Waals surface area contributed by atoms with Gasteiger partial charge in [0.05, 0.1) is 12.6 Å². The summed E-state index contributed by atoms with van der Waals surface area (Å²) < 4.78 is -0.220. The minimum absolute atomic E-state index is 0.220. The first-order valence-electron chi connectivity index (χ1n) is 7.66. The number of likely N-dealkylation sites (tertiary alicyclic amines) is 2. The van der Waals surface area contributed by atoms with E-state index >= 15 is 0 Å². The van der Waals surface area contributed by atoms with E-state index in [2.05, 4.69) is 11.0 Å². The third-order valence-corrected chi connectivity index (χ3v) is 5.86. The van der Waals surface area contributed by atoms with E-state index in [-0.39, 0.29) is 10.7 Å². The van der Waals surface area contributed by atoms with Gasteiger partial charge >= 0.3 is 0 Å². The maximum atomic E-state index is 12.3. The summed E-state index contributed by atoms with van der Waals surface area (Å²) in [5.74, 6) is 0.278. The van der Waals surface area contributed by atoms with Gasteiger partial charge in [-0.25, -0.2) is 0 Å². The predicted octanol–water partition coefficient (Wildman–Crippen LogP) is 2.11. The zero-order chi connectivity index (χ0) is 14.4. The molecule has 20 heavy (non-hydrogen) atoms. The van der Waals surface area contributed by atoms with Crippen LogP contribution in [-0.2, 0) is 4.79 Å². The third-order valence-electron chi connectivity index (χ3n) is 4.58. The van der Waals surface area contributed by atoms with Crippen molar-refractivity contribution in [1.29, 1.82) is 5.26 Å². The number of piperidine rings is 1. The van der Waals surface area contributed by atoms with Crippen molar-refractivity contribution in [2.45, 2.75) is 43.3 Å². The van der Waals surface area contributed by atoms with Gasteiger partial charge in [0.1, 0.15) is 4.75 Å². The molecule has 2 saturated heterocycles. The molecule has 0 aliphatic carbocycles. The van der Waals surface area contributed by atoms with Crippen molar-refractivity contribution in [3.05, 3.63) is 0 Å².